The van der Waals surface area contributed by atoms with Crippen LogP contribution in [0.25, 0.3) is 0 Å². The Morgan fingerprint density at radius 2 is 1.40 bits per heavy atom. The van der Waals surface area contributed by atoms with Gasteiger partial charge in [-0.15, -0.1) is 0 Å². The van der Waals surface area contributed by atoms with E-state index in [1.54, 1.807) is 24.3 Å². The van der Waals surface area contributed by atoms with Crippen LogP contribution in [-0.4, -0.2) is 79.7 Å². The van der Waals surface area contributed by atoms with Gasteiger partial charge in [0.1, 0.15) is 4.90 Å². The van der Waals surface area contributed by atoms with Crippen LogP contribution in [0.15, 0.2) is 64.4 Å². The Kier molecular flexibility index (Phi) is 9.73. The molecule has 2 fully saturated rings. The molecule has 0 atom stereocenters. The second kappa shape index (κ2) is 13.2. The molecule has 3 aromatic carbocycles. The van der Waals surface area contributed by atoms with Crippen molar-refractivity contribution >= 4 is 77.8 Å². The van der Waals surface area contributed by atoms with Crippen molar-refractivity contribution in [2.24, 2.45) is 0 Å². The summed E-state index contributed by atoms with van der Waals surface area (Å²) >= 11 is 18.8. The number of ether oxygens (including phenoxy) is 2. The van der Waals surface area contributed by atoms with Crippen molar-refractivity contribution in [1.29, 1.82) is 0 Å². The maximum absolute atomic E-state index is 13.6. The Balaban J connectivity index is 1.51. The number of para-hydroxylation sites is 1. The van der Waals surface area contributed by atoms with Crippen molar-refractivity contribution in [1.82, 2.24) is 4.31 Å². The van der Waals surface area contributed by atoms with Gasteiger partial charge in [0.05, 0.1) is 69.0 Å². The number of carbonyl (C=O) groups is 1. The molecule has 0 unspecified atom stereocenters. The lowest BCUT2D eigenvalue weighted by Gasteiger charge is -2.31. The fourth-order valence-corrected chi connectivity index (χ4v) is 8.21. The third kappa shape index (κ3) is 7.04. The summed E-state index contributed by atoms with van der Waals surface area (Å²) in [6.07, 6.45) is 0. The van der Waals surface area contributed by atoms with Crippen molar-refractivity contribution in [3.05, 3.63) is 75.2 Å². The Labute approximate surface area is 264 Å². The van der Waals surface area contributed by atoms with Crippen LogP contribution in [-0.2, 0) is 29.5 Å². The average Bonchev–Trinajstić information content (AvgIpc) is 2.99. The number of anilines is 3. The first-order valence-corrected chi connectivity index (χ1v) is 17.2. The number of sulfonamides is 2. The highest BCUT2D eigenvalue weighted by Gasteiger charge is 2.31. The molecule has 5 rings (SSSR count). The molecule has 1 amide bonds. The van der Waals surface area contributed by atoms with E-state index in [0.29, 0.717) is 32.0 Å². The van der Waals surface area contributed by atoms with E-state index in [2.05, 4.69) is 10.0 Å². The Morgan fingerprint density at radius 1 is 0.744 bits per heavy atom. The highest BCUT2D eigenvalue weighted by atomic mass is 35.5. The minimum atomic E-state index is -4.13. The average molecular weight is 690 g/mol. The molecular weight excluding hydrogens is 663 g/mol. The van der Waals surface area contributed by atoms with Gasteiger partial charge in [0.2, 0.25) is 10.0 Å². The van der Waals surface area contributed by atoms with Gasteiger partial charge in [-0.3, -0.25) is 9.52 Å². The van der Waals surface area contributed by atoms with Crippen LogP contribution in [0.5, 0.6) is 0 Å². The van der Waals surface area contributed by atoms with E-state index >= 15 is 0 Å². The number of rotatable bonds is 8. The van der Waals surface area contributed by atoms with Gasteiger partial charge >= 0.3 is 0 Å². The second-order valence-corrected chi connectivity index (χ2v) is 14.4. The Morgan fingerprint density at radius 3 is 2.07 bits per heavy atom. The molecule has 2 aliphatic rings. The minimum Gasteiger partial charge on any atom is -0.379 e. The largest absolute Gasteiger partial charge is 0.379 e. The van der Waals surface area contributed by atoms with Gasteiger partial charge < -0.3 is 19.7 Å². The predicted octanol–water partition coefficient (Wildman–Crippen LogP) is 4.56. The first kappa shape index (κ1) is 31.8. The van der Waals surface area contributed by atoms with Crippen molar-refractivity contribution in [3.8, 4) is 0 Å². The maximum Gasteiger partial charge on any atom is 0.262 e. The maximum atomic E-state index is 13.6. The summed E-state index contributed by atoms with van der Waals surface area (Å²) in [5, 5.41) is 2.73. The van der Waals surface area contributed by atoms with Gasteiger partial charge in [0.15, 0.2) is 0 Å². The van der Waals surface area contributed by atoms with Gasteiger partial charge in [-0.05, 0) is 42.5 Å². The van der Waals surface area contributed by atoms with Gasteiger partial charge in [-0.1, -0.05) is 46.9 Å². The van der Waals surface area contributed by atoms with Crippen LogP contribution < -0.4 is 14.9 Å². The van der Waals surface area contributed by atoms with Gasteiger partial charge in [-0.2, -0.15) is 4.31 Å². The summed E-state index contributed by atoms with van der Waals surface area (Å²) in [5.74, 6) is -0.761. The van der Waals surface area contributed by atoms with E-state index in [1.807, 2.05) is 4.90 Å². The predicted molar refractivity (Wildman–Crippen MR) is 166 cm³/mol. The van der Waals surface area contributed by atoms with E-state index in [-0.39, 0.29) is 68.1 Å². The quantitative estimate of drug-likeness (QED) is 0.352. The molecule has 0 saturated carbocycles. The zero-order valence-electron chi connectivity index (χ0n) is 22.6. The molecular formula is C27H27Cl3N4O7S2. The normalized spacial score (nSPS) is 16.6. The number of hydrogen-bond acceptors (Lipinski definition) is 8. The smallest absolute Gasteiger partial charge is 0.262 e. The highest BCUT2D eigenvalue weighted by Crippen LogP contribution is 2.34. The highest BCUT2D eigenvalue weighted by molar-refractivity contribution is 7.92. The summed E-state index contributed by atoms with van der Waals surface area (Å²) in [6.45, 7) is 2.59. The SMILES string of the molecule is O=C(Nc1cc(S(=O)(=O)Nc2ccccc2Cl)ccc1N1CCOCC1)c1cc(S(=O)(=O)N2CCOCC2)c(Cl)cc1Cl. The van der Waals surface area contributed by atoms with Crippen molar-refractivity contribution in [3.63, 3.8) is 0 Å². The molecule has 0 spiro atoms. The van der Waals surface area contributed by atoms with Crippen LogP contribution in [0.4, 0.5) is 17.1 Å². The molecule has 0 bridgehead atoms. The molecule has 0 aromatic heterocycles. The van der Waals surface area contributed by atoms with Crippen LogP contribution in [0.1, 0.15) is 10.4 Å². The first-order valence-electron chi connectivity index (χ1n) is 13.1. The van der Waals surface area contributed by atoms with E-state index in [9.17, 15) is 21.6 Å². The molecule has 3 aromatic rings. The number of nitrogens with zero attached hydrogens (tertiary/aromatic N) is 2. The molecule has 0 radical (unpaired) electrons. The van der Waals surface area contributed by atoms with Crippen molar-refractivity contribution in [2.45, 2.75) is 9.79 Å². The number of halogens is 3. The number of nitrogens with one attached hydrogen (secondary N) is 2. The van der Waals surface area contributed by atoms with Gasteiger partial charge in [-0.25, -0.2) is 16.8 Å². The van der Waals surface area contributed by atoms with Crippen LogP contribution in [0, 0.1) is 0 Å². The number of morpholine rings is 2. The molecule has 2 aliphatic heterocycles. The number of amides is 1. The Hall–Kier alpha value is -2.62. The summed E-state index contributed by atoms with van der Waals surface area (Å²) in [6, 6.07) is 13.0. The lowest BCUT2D eigenvalue weighted by atomic mass is 10.2. The van der Waals surface area contributed by atoms with E-state index < -0.39 is 26.0 Å². The molecule has 230 valence electrons. The number of carbonyl (C=O) groups excluding carboxylic acids is 1. The molecule has 2 heterocycles. The second-order valence-electron chi connectivity index (χ2n) is 9.60. The zero-order valence-corrected chi connectivity index (χ0v) is 26.5. The number of benzene rings is 3. The minimum absolute atomic E-state index is 0.0829. The van der Waals surface area contributed by atoms with Crippen LogP contribution in [0.3, 0.4) is 0 Å². The fourth-order valence-electron chi connectivity index (χ4n) is 4.63. The monoisotopic (exact) mass is 688 g/mol. The molecule has 11 nitrogen and oxygen atoms in total. The van der Waals surface area contributed by atoms with Crippen LogP contribution >= 0.6 is 34.8 Å². The standard InChI is InChI=1S/C27H27Cl3N4O7S2/c28-20-3-1-2-4-23(20)32-42(36,37)18-5-6-25(33-7-11-40-12-8-33)24(15-18)31-27(35)19-16-26(22(30)17-21(19)29)43(38,39)34-9-13-41-14-10-34/h1-6,15-17,32H,7-14H2,(H,31,35). The summed E-state index contributed by atoms with van der Waals surface area (Å²) in [4.78, 5) is 15.2. The molecule has 0 aliphatic carbocycles. The topological polar surface area (TPSA) is 134 Å². The van der Waals surface area contributed by atoms with Crippen molar-refractivity contribution in [2.75, 3.05) is 67.5 Å². The molecule has 2 saturated heterocycles. The van der Waals surface area contributed by atoms with E-state index in [1.165, 1.54) is 28.6 Å². The Bertz CT molecular complexity index is 1750. The van der Waals surface area contributed by atoms with Gasteiger partial charge in [0, 0.05) is 26.2 Å². The van der Waals surface area contributed by atoms with Crippen molar-refractivity contribution < 1.29 is 31.1 Å². The summed E-state index contributed by atoms with van der Waals surface area (Å²) < 4.78 is 67.7. The zero-order chi connectivity index (χ0) is 30.8. The number of hydrogen-bond donors (Lipinski definition) is 2. The van der Waals surface area contributed by atoms with E-state index in [4.69, 9.17) is 44.3 Å². The molecule has 16 heteroatoms. The molecule has 43 heavy (non-hydrogen) atoms. The van der Waals surface area contributed by atoms with Gasteiger partial charge in [0.25, 0.3) is 15.9 Å². The molecule has 2 N–H and O–H groups in total. The third-order valence-corrected chi connectivity index (χ3v) is 11.2. The first-order chi connectivity index (χ1) is 20.5. The lowest BCUT2D eigenvalue weighted by Crippen LogP contribution is -2.40. The summed E-state index contributed by atoms with van der Waals surface area (Å²) in [5.41, 5.74) is 0.736. The van der Waals surface area contributed by atoms with E-state index in [0.717, 1.165) is 6.07 Å². The van der Waals surface area contributed by atoms with Crippen LogP contribution in [0.2, 0.25) is 15.1 Å². The fraction of sp³-hybridized carbons (Fsp3) is 0.296. The third-order valence-electron chi connectivity index (χ3n) is 6.85. The lowest BCUT2D eigenvalue weighted by molar-refractivity contribution is 0.0730. The summed E-state index contributed by atoms with van der Waals surface area (Å²) in [7, 11) is -8.19.